The molecule has 5 heteroatoms. The molecule has 0 atom stereocenters. The Labute approximate surface area is 116 Å². The minimum atomic E-state index is 0.0669. The van der Waals surface area contributed by atoms with E-state index in [4.69, 9.17) is 15.9 Å². The summed E-state index contributed by atoms with van der Waals surface area (Å²) in [7, 11) is 0. The number of thioether (sulfide) groups is 1. The second kappa shape index (κ2) is 6.80. The summed E-state index contributed by atoms with van der Waals surface area (Å²) in [6.07, 6.45) is 1.78. The molecule has 3 N–H and O–H groups in total. The van der Waals surface area contributed by atoms with E-state index in [0.29, 0.717) is 12.2 Å². The Morgan fingerprint density at radius 1 is 1.21 bits per heavy atom. The quantitative estimate of drug-likeness (QED) is 0.367. The van der Waals surface area contributed by atoms with Crippen LogP contribution in [0.3, 0.4) is 0 Å². The summed E-state index contributed by atoms with van der Waals surface area (Å²) in [4.78, 5) is 4.22. The third-order valence-corrected chi connectivity index (χ3v) is 3.31. The molecule has 0 fully saturated rings. The highest BCUT2D eigenvalue weighted by atomic mass is 32.2. The molecule has 98 valence electrons. The molecule has 0 unspecified atom stereocenters. The van der Waals surface area contributed by atoms with Gasteiger partial charge in [-0.05, 0) is 36.4 Å². The van der Waals surface area contributed by atoms with Gasteiger partial charge in [-0.1, -0.05) is 6.07 Å². The Bertz CT molecular complexity index is 528. The van der Waals surface area contributed by atoms with E-state index in [9.17, 15) is 0 Å². The van der Waals surface area contributed by atoms with Gasteiger partial charge in [0, 0.05) is 17.5 Å². The van der Waals surface area contributed by atoms with Crippen LogP contribution in [0.25, 0.3) is 0 Å². The molecule has 1 aromatic heterocycles. The molecular weight excluding hydrogens is 258 g/mol. The van der Waals surface area contributed by atoms with Gasteiger partial charge < -0.3 is 10.5 Å². The number of ether oxygens (including phenoxy) is 1. The van der Waals surface area contributed by atoms with Crippen LogP contribution in [0.15, 0.2) is 53.7 Å². The molecule has 0 radical (unpaired) electrons. The zero-order valence-electron chi connectivity index (χ0n) is 10.4. The zero-order chi connectivity index (χ0) is 13.5. The summed E-state index contributed by atoms with van der Waals surface area (Å²) in [5.74, 6) is 1.69. The summed E-state index contributed by atoms with van der Waals surface area (Å²) in [5, 5.41) is 8.29. The highest BCUT2D eigenvalue weighted by Crippen LogP contribution is 2.15. The van der Waals surface area contributed by atoms with Gasteiger partial charge in [-0.2, -0.15) is 0 Å². The number of pyridine rings is 1. The molecule has 4 nitrogen and oxygen atoms in total. The van der Waals surface area contributed by atoms with Crippen molar-refractivity contribution in [3.05, 3.63) is 54.2 Å². The van der Waals surface area contributed by atoms with Crippen LogP contribution in [0.1, 0.15) is 5.56 Å². The van der Waals surface area contributed by atoms with E-state index in [1.54, 1.807) is 30.1 Å². The Morgan fingerprint density at radius 3 is 2.63 bits per heavy atom. The van der Waals surface area contributed by atoms with Crippen LogP contribution in [0, 0.1) is 5.41 Å². The van der Waals surface area contributed by atoms with Crippen molar-refractivity contribution in [2.24, 2.45) is 5.73 Å². The third kappa shape index (κ3) is 4.30. The number of benzene rings is 1. The molecule has 2 rings (SSSR count). The number of nitrogens with zero attached hydrogens (tertiary/aromatic N) is 1. The molecule has 1 heterocycles. The van der Waals surface area contributed by atoms with Crippen molar-refractivity contribution >= 4 is 17.6 Å². The van der Waals surface area contributed by atoms with Gasteiger partial charge in [0.25, 0.3) is 0 Å². The second-order valence-corrected chi connectivity index (χ2v) is 4.92. The summed E-state index contributed by atoms with van der Waals surface area (Å²) in [5.41, 5.74) is 6.09. The number of hydrogen-bond donors (Lipinski definition) is 2. The van der Waals surface area contributed by atoms with E-state index >= 15 is 0 Å². The fourth-order valence-corrected chi connectivity index (χ4v) is 2.15. The summed E-state index contributed by atoms with van der Waals surface area (Å²) in [6, 6.07) is 13.1. The fraction of sp³-hybridized carbons (Fsp3) is 0.143. The SMILES string of the molecule is N=C(N)c1ccc(OCCSc2ccccn2)cc1. The predicted molar refractivity (Wildman–Crippen MR) is 77.9 cm³/mol. The number of hydrogen-bond acceptors (Lipinski definition) is 4. The van der Waals surface area contributed by atoms with Crippen LogP contribution in [0.5, 0.6) is 5.75 Å². The maximum Gasteiger partial charge on any atom is 0.122 e. The van der Waals surface area contributed by atoms with Crippen molar-refractivity contribution in [1.82, 2.24) is 4.98 Å². The zero-order valence-corrected chi connectivity index (χ0v) is 11.2. The van der Waals surface area contributed by atoms with Crippen LogP contribution >= 0.6 is 11.8 Å². The van der Waals surface area contributed by atoms with E-state index in [2.05, 4.69) is 4.98 Å². The van der Waals surface area contributed by atoms with Gasteiger partial charge in [-0.3, -0.25) is 5.41 Å². The van der Waals surface area contributed by atoms with Gasteiger partial charge in [-0.15, -0.1) is 11.8 Å². The van der Waals surface area contributed by atoms with Gasteiger partial charge in [0.15, 0.2) is 0 Å². The number of nitrogens with two attached hydrogens (primary N) is 1. The molecule has 0 saturated heterocycles. The monoisotopic (exact) mass is 273 g/mol. The Hall–Kier alpha value is -2.01. The summed E-state index contributed by atoms with van der Waals surface area (Å²) < 4.78 is 5.60. The molecule has 0 aliphatic rings. The van der Waals surface area contributed by atoms with Gasteiger partial charge in [0.05, 0.1) is 11.6 Å². The van der Waals surface area contributed by atoms with Crippen molar-refractivity contribution in [2.75, 3.05) is 12.4 Å². The van der Waals surface area contributed by atoms with Crippen LogP contribution in [0.2, 0.25) is 0 Å². The van der Waals surface area contributed by atoms with E-state index in [-0.39, 0.29) is 5.84 Å². The summed E-state index contributed by atoms with van der Waals surface area (Å²) in [6.45, 7) is 0.612. The normalized spacial score (nSPS) is 10.1. The van der Waals surface area contributed by atoms with Gasteiger partial charge in [-0.25, -0.2) is 4.98 Å². The third-order valence-electron chi connectivity index (χ3n) is 2.41. The largest absolute Gasteiger partial charge is 0.493 e. The molecular formula is C14H15N3OS. The molecule has 0 spiro atoms. The lowest BCUT2D eigenvalue weighted by atomic mass is 10.2. The topological polar surface area (TPSA) is 72.0 Å². The van der Waals surface area contributed by atoms with Crippen LogP contribution < -0.4 is 10.5 Å². The molecule has 0 aliphatic heterocycles. The molecule has 19 heavy (non-hydrogen) atoms. The lowest BCUT2D eigenvalue weighted by molar-refractivity contribution is 0.344. The second-order valence-electron chi connectivity index (χ2n) is 3.80. The Kier molecular flexibility index (Phi) is 4.80. The van der Waals surface area contributed by atoms with Crippen molar-refractivity contribution < 1.29 is 4.74 Å². The molecule has 0 amide bonds. The molecule has 2 aromatic rings. The van der Waals surface area contributed by atoms with Crippen LogP contribution in [-0.2, 0) is 0 Å². The number of nitrogen functional groups attached to an aromatic ring is 1. The first-order valence-electron chi connectivity index (χ1n) is 5.87. The standard InChI is InChI=1S/C14H15N3OS/c15-14(16)11-4-6-12(7-5-11)18-9-10-19-13-3-1-2-8-17-13/h1-8H,9-10H2,(H3,15,16). The highest BCUT2D eigenvalue weighted by molar-refractivity contribution is 7.99. The average Bonchev–Trinajstić information content (AvgIpc) is 2.45. The maximum absolute atomic E-state index is 7.30. The van der Waals surface area contributed by atoms with Gasteiger partial charge >= 0.3 is 0 Å². The van der Waals surface area contributed by atoms with E-state index in [0.717, 1.165) is 16.5 Å². The first-order chi connectivity index (χ1) is 9.25. The lowest BCUT2D eigenvalue weighted by Crippen LogP contribution is -2.10. The van der Waals surface area contributed by atoms with Gasteiger partial charge in [0.2, 0.25) is 0 Å². The van der Waals surface area contributed by atoms with Gasteiger partial charge in [0.1, 0.15) is 11.6 Å². The first-order valence-corrected chi connectivity index (χ1v) is 6.85. The highest BCUT2D eigenvalue weighted by Gasteiger charge is 1.98. The van der Waals surface area contributed by atoms with E-state index in [1.807, 2.05) is 30.3 Å². The van der Waals surface area contributed by atoms with Crippen LogP contribution in [0.4, 0.5) is 0 Å². The number of amidine groups is 1. The minimum Gasteiger partial charge on any atom is -0.493 e. The van der Waals surface area contributed by atoms with Crippen LogP contribution in [-0.4, -0.2) is 23.2 Å². The van der Waals surface area contributed by atoms with Crippen molar-refractivity contribution in [3.8, 4) is 5.75 Å². The van der Waals surface area contributed by atoms with E-state index in [1.165, 1.54) is 0 Å². The molecule has 1 aromatic carbocycles. The summed E-state index contributed by atoms with van der Waals surface area (Å²) >= 11 is 1.66. The number of aromatic nitrogens is 1. The van der Waals surface area contributed by atoms with Crippen molar-refractivity contribution in [3.63, 3.8) is 0 Å². The fourth-order valence-electron chi connectivity index (χ4n) is 1.47. The minimum absolute atomic E-state index is 0.0669. The average molecular weight is 273 g/mol. The smallest absolute Gasteiger partial charge is 0.122 e. The van der Waals surface area contributed by atoms with Crippen molar-refractivity contribution in [2.45, 2.75) is 5.03 Å². The van der Waals surface area contributed by atoms with Crippen molar-refractivity contribution in [1.29, 1.82) is 5.41 Å². The lowest BCUT2D eigenvalue weighted by Gasteiger charge is -2.06. The molecule has 0 aliphatic carbocycles. The maximum atomic E-state index is 7.30. The van der Waals surface area contributed by atoms with E-state index < -0.39 is 0 Å². The Morgan fingerprint density at radius 2 is 2.00 bits per heavy atom. The number of rotatable bonds is 6. The first kappa shape index (κ1) is 13.4. The molecule has 0 saturated carbocycles. The number of nitrogens with one attached hydrogen (secondary N) is 1. The molecule has 0 bridgehead atoms. The predicted octanol–water partition coefficient (Wildman–Crippen LogP) is 2.54. The Balaban J connectivity index is 1.75.